The number of nitrogens with zero attached hydrogens (tertiary/aromatic N) is 2. The molecule has 0 aromatic carbocycles. The van der Waals surface area contributed by atoms with Gasteiger partial charge in [0.05, 0.1) is 12.4 Å². The molecule has 0 aliphatic heterocycles. The molecule has 0 saturated heterocycles. The Labute approximate surface area is 87.9 Å². The summed E-state index contributed by atoms with van der Waals surface area (Å²) in [6.07, 6.45) is 5.68. The first-order chi connectivity index (χ1) is 6.79. The Balaban J connectivity index is 2.01. The standard InChI is InChI=1S/C9H13ClN4/c10-8-4-12-5-9(14-8)13-7(3-11)6-1-2-6/h4-7H,1-3,11H2,(H,13,14). The maximum atomic E-state index is 5.72. The maximum Gasteiger partial charge on any atom is 0.149 e. The Morgan fingerprint density at radius 2 is 2.36 bits per heavy atom. The number of nitrogens with one attached hydrogen (secondary N) is 1. The lowest BCUT2D eigenvalue weighted by Gasteiger charge is -2.16. The molecule has 5 heteroatoms. The highest BCUT2D eigenvalue weighted by molar-refractivity contribution is 6.29. The van der Waals surface area contributed by atoms with Crippen molar-refractivity contribution in [3.05, 3.63) is 17.5 Å². The van der Waals surface area contributed by atoms with Crippen molar-refractivity contribution in [3.8, 4) is 0 Å². The van der Waals surface area contributed by atoms with Gasteiger partial charge in [0.2, 0.25) is 0 Å². The van der Waals surface area contributed by atoms with E-state index in [1.54, 1.807) is 6.20 Å². The summed E-state index contributed by atoms with van der Waals surface area (Å²) in [7, 11) is 0. The van der Waals surface area contributed by atoms with E-state index in [4.69, 9.17) is 17.3 Å². The van der Waals surface area contributed by atoms with Crippen LogP contribution in [0, 0.1) is 5.92 Å². The van der Waals surface area contributed by atoms with Gasteiger partial charge >= 0.3 is 0 Å². The molecule has 14 heavy (non-hydrogen) atoms. The summed E-state index contributed by atoms with van der Waals surface area (Å²) >= 11 is 5.72. The summed E-state index contributed by atoms with van der Waals surface area (Å²) in [6.45, 7) is 0.624. The SMILES string of the molecule is NCC(Nc1cncc(Cl)n1)C1CC1. The lowest BCUT2D eigenvalue weighted by Crippen LogP contribution is -2.31. The van der Waals surface area contributed by atoms with Gasteiger partial charge < -0.3 is 11.1 Å². The van der Waals surface area contributed by atoms with E-state index in [0.29, 0.717) is 29.5 Å². The zero-order chi connectivity index (χ0) is 9.97. The second kappa shape index (κ2) is 4.11. The lowest BCUT2D eigenvalue weighted by molar-refractivity contribution is 0.642. The normalized spacial score (nSPS) is 17.9. The molecule has 76 valence electrons. The Morgan fingerprint density at radius 3 is 2.93 bits per heavy atom. The summed E-state index contributed by atoms with van der Waals surface area (Å²) in [6, 6.07) is 0.308. The van der Waals surface area contributed by atoms with E-state index in [1.165, 1.54) is 19.0 Å². The first kappa shape index (κ1) is 9.68. The lowest BCUT2D eigenvalue weighted by atomic mass is 10.2. The molecule has 1 aliphatic carbocycles. The van der Waals surface area contributed by atoms with Crippen LogP contribution in [0.4, 0.5) is 5.82 Å². The third-order valence-corrected chi connectivity index (χ3v) is 2.57. The van der Waals surface area contributed by atoms with E-state index in [0.717, 1.165) is 0 Å². The summed E-state index contributed by atoms with van der Waals surface area (Å²) in [5.74, 6) is 1.40. The summed E-state index contributed by atoms with van der Waals surface area (Å²) in [5, 5.41) is 3.65. The van der Waals surface area contributed by atoms with Gasteiger partial charge in [-0.3, -0.25) is 4.98 Å². The van der Waals surface area contributed by atoms with Crippen LogP contribution in [0.5, 0.6) is 0 Å². The van der Waals surface area contributed by atoms with Crippen molar-refractivity contribution in [1.82, 2.24) is 9.97 Å². The minimum absolute atomic E-state index is 0.308. The van der Waals surface area contributed by atoms with Crippen LogP contribution < -0.4 is 11.1 Å². The highest BCUT2D eigenvalue weighted by Crippen LogP contribution is 2.33. The van der Waals surface area contributed by atoms with Crippen molar-refractivity contribution in [2.75, 3.05) is 11.9 Å². The zero-order valence-electron chi connectivity index (χ0n) is 7.78. The Morgan fingerprint density at radius 1 is 1.57 bits per heavy atom. The minimum Gasteiger partial charge on any atom is -0.364 e. The molecule has 0 radical (unpaired) electrons. The van der Waals surface area contributed by atoms with Gasteiger partial charge in [-0.25, -0.2) is 4.98 Å². The third-order valence-electron chi connectivity index (χ3n) is 2.38. The van der Waals surface area contributed by atoms with Crippen molar-refractivity contribution in [1.29, 1.82) is 0 Å². The van der Waals surface area contributed by atoms with E-state index < -0.39 is 0 Å². The van der Waals surface area contributed by atoms with Crippen LogP contribution in [0.2, 0.25) is 5.15 Å². The van der Waals surface area contributed by atoms with Crippen LogP contribution in [0.25, 0.3) is 0 Å². The quantitative estimate of drug-likeness (QED) is 0.789. The fourth-order valence-electron chi connectivity index (χ4n) is 1.47. The van der Waals surface area contributed by atoms with Crippen molar-refractivity contribution < 1.29 is 0 Å². The number of anilines is 1. The van der Waals surface area contributed by atoms with Crippen LogP contribution in [-0.4, -0.2) is 22.6 Å². The summed E-state index contributed by atoms with van der Waals surface area (Å²) in [5.41, 5.74) is 5.66. The van der Waals surface area contributed by atoms with Gasteiger partial charge in [-0.1, -0.05) is 11.6 Å². The average Bonchev–Trinajstić information content (AvgIpc) is 2.97. The number of rotatable bonds is 4. The Bertz CT molecular complexity index is 313. The molecule has 2 rings (SSSR count). The number of nitrogens with two attached hydrogens (primary N) is 1. The molecular formula is C9H13ClN4. The molecule has 0 bridgehead atoms. The van der Waals surface area contributed by atoms with Crippen LogP contribution in [0.1, 0.15) is 12.8 Å². The molecule has 1 fully saturated rings. The Kier molecular flexibility index (Phi) is 2.84. The summed E-state index contributed by atoms with van der Waals surface area (Å²) in [4.78, 5) is 8.06. The van der Waals surface area contributed by atoms with E-state index in [9.17, 15) is 0 Å². The second-order valence-corrected chi connectivity index (χ2v) is 3.94. The highest BCUT2D eigenvalue weighted by atomic mass is 35.5. The fraction of sp³-hybridized carbons (Fsp3) is 0.556. The topological polar surface area (TPSA) is 63.8 Å². The first-order valence-electron chi connectivity index (χ1n) is 4.73. The van der Waals surface area contributed by atoms with Gasteiger partial charge in [0.1, 0.15) is 11.0 Å². The smallest absolute Gasteiger partial charge is 0.149 e. The molecule has 3 N–H and O–H groups in total. The number of halogens is 1. The Hall–Kier alpha value is -0.870. The van der Waals surface area contributed by atoms with Crippen molar-refractivity contribution in [2.24, 2.45) is 11.7 Å². The summed E-state index contributed by atoms with van der Waals surface area (Å²) < 4.78 is 0. The molecule has 0 amide bonds. The molecule has 1 unspecified atom stereocenters. The zero-order valence-corrected chi connectivity index (χ0v) is 8.54. The monoisotopic (exact) mass is 212 g/mol. The van der Waals surface area contributed by atoms with E-state index in [1.807, 2.05) is 0 Å². The minimum atomic E-state index is 0.308. The molecule has 4 nitrogen and oxygen atoms in total. The third kappa shape index (κ3) is 2.33. The van der Waals surface area contributed by atoms with Gasteiger partial charge in [0.15, 0.2) is 0 Å². The molecule has 1 aliphatic rings. The van der Waals surface area contributed by atoms with E-state index >= 15 is 0 Å². The van der Waals surface area contributed by atoms with Gasteiger partial charge in [-0.2, -0.15) is 0 Å². The van der Waals surface area contributed by atoms with Gasteiger partial charge in [0.25, 0.3) is 0 Å². The predicted octanol–water partition coefficient (Wildman–Crippen LogP) is 1.28. The number of hydrogen-bond acceptors (Lipinski definition) is 4. The van der Waals surface area contributed by atoms with Gasteiger partial charge in [0, 0.05) is 12.6 Å². The van der Waals surface area contributed by atoms with Gasteiger partial charge in [-0.05, 0) is 18.8 Å². The van der Waals surface area contributed by atoms with Crippen molar-refractivity contribution in [3.63, 3.8) is 0 Å². The molecule has 1 heterocycles. The number of aromatic nitrogens is 2. The molecule has 1 saturated carbocycles. The van der Waals surface area contributed by atoms with E-state index in [2.05, 4.69) is 15.3 Å². The van der Waals surface area contributed by atoms with E-state index in [-0.39, 0.29) is 0 Å². The van der Waals surface area contributed by atoms with Crippen LogP contribution >= 0.6 is 11.6 Å². The predicted molar refractivity (Wildman–Crippen MR) is 56.2 cm³/mol. The van der Waals surface area contributed by atoms with Crippen molar-refractivity contribution in [2.45, 2.75) is 18.9 Å². The molecule has 1 aromatic rings. The average molecular weight is 213 g/mol. The maximum absolute atomic E-state index is 5.72. The molecule has 0 spiro atoms. The molecule has 1 aromatic heterocycles. The first-order valence-corrected chi connectivity index (χ1v) is 5.11. The van der Waals surface area contributed by atoms with Crippen LogP contribution in [-0.2, 0) is 0 Å². The molecule has 1 atom stereocenters. The highest BCUT2D eigenvalue weighted by Gasteiger charge is 2.30. The van der Waals surface area contributed by atoms with Crippen LogP contribution in [0.3, 0.4) is 0 Å². The largest absolute Gasteiger partial charge is 0.364 e. The fourth-order valence-corrected chi connectivity index (χ4v) is 1.62. The van der Waals surface area contributed by atoms with Crippen molar-refractivity contribution >= 4 is 17.4 Å². The number of hydrogen-bond donors (Lipinski definition) is 2. The van der Waals surface area contributed by atoms with Gasteiger partial charge in [-0.15, -0.1) is 0 Å². The second-order valence-electron chi connectivity index (χ2n) is 3.55. The van der Waals surface area contributed by atoms with Crippen LogP contribution in [0.15, 0.2) is 12.4 Å². The molecular weight excluding hydrogens is 200 g/mol.